The fourth-order valence-corrected chi connectivity index (χ4v) is 2.19. The van der Waals surface area contributed by atoms with E-state index in [1.807, 2.05) is 18.2 Å². The summed E-state index contributed by atoms with van der Waals surface area (Å²) < 4.78 is 5.34. The molecule has 2 rings (SSSR count). The van der Waals surface area contributed by atoms with Crippen molar-refractivity contribution in [2.24, 2.45) is 0 Å². The number of nitrogens with one attached hydrogen (secondary N) is 1. The highest BCUT2D eigenvalue weighted by Crippen LogP contribution is 2.28. The van der Waals surface area contributed by atoms with Crippen LogP contribution in [0.25, 0.3) is 0 Å². The summed E-state index contributed by atoms with van der Waals surface area (Å²) in [6.45, 7) is 1.59. The van der Waals surface area contributed by atoms with Gasteiger partial charge >= 0.3 is 0 Å². The normalized spacial score (nSPS) is 16.8. The Bertz CT molecular complexity index is 412. The third kappa shape index (κ3) is 2.58. The van der Waals surface area contributed by atoms with Gasteiger partial charge in [-0.2, -0.15) is 0 Å². The van der Waals surface area contributed by atoms with Crippen molar-refractivity contribution < 1.29 is 9.53 Å². The van der Waals surface area contributed by atoms with Crippen LogP contribution in [0.3, 0.4) is 0 Å². The Balaban J connectivity index is 2.26. The van der Waals surface area contributed by atoms with Crippen LogP contribution in [0.2, 0.25) is 0 Å². The van der Waals surface area contributed by atoms with E-state index in [1.165, 1.54) is 5.56 Å². The topological polar surface area (TPSA) is 64.3 Å². The Morgan fingerprint density at radius 3 is 2.76 bits per heavy atom. The number of hydrogen-bond donors (Lipinski definition) is 2. The van der Waals surface area contributed by atoms with E-state index >= 15 is 0 Å². The van der Waals surface area contributed by atoms with Crippen LogP contribution in [0.5, 0.6) is 0 Å². The molecule has 1 aliphatic rings. The summed E-state index contributed by atoms with van der Waals surface area (Å²) in [6.07, 6.45) is 2.02. The van der Waals surface area contributed by atoms with Crippen molar-refractivity contribution in [3.05, 3.63) is 29.3 Å². The lowest BCUT2D eigenvalue weighted by Gasteiger charge is -2.23. The van der Waals surface area contributed by atoms with E-state index < -0.39 is 0 Å². The Morgan fingerprint density at radius 1 is 1.41 bits per heavy atom. The molecular weight excluding hydrogens is 216 g/mol. The van der Waals surface area contributed by atoms with Crippen molar-refractivity contribution in [3.8, 4) is 0 Å². The summed E-state index contributed by atoms with van der Waals surface area (Å²) in [5.74, 6) is 0.351. The highest BCUT2D eigenvalue weighted by atomic mass is 16.5. The molecule has 0 spiro atoms. The minimum absolute atomic E-state index is 0.128. The molecule has 0 unspecified atom stereocenters. The van der Waals surface area contributed by atoms with Gasteiger partial charge in [0.2, 0.25) is 0 Å². The van der Waals surface area contributed by atoms with Crippen LogP contribution in [0.15, 0.2) is 18.2 Å². The molecule has 4 nitrogen and oxygen atoms in total. The summed E-state index contributed by atoms with van der Waals surface area (Å²) in [6, 6.07) is 5.73. The molecule has 1 aromatic carbocycles. The predicted molar refractivity (Wildman–Crippen MR) is 67.0 cm³/mol. The van der Waals surface area contributed by atoms with Gasteiger partial charge in [0.1, 0.15) is 0 Å². The highest BCUT2D eigenvalue weighted by Gasteiger charge is 2.18. The van der Waals surface area contributed by atoms with E-state index in [0.29, 0.717) is 17.2 Å². The number of amides is 1. The maximum Gasteiger partial charge on any atom is 0.253 e. The lowest BCUT2D eigenvalue weighted by Crippen LogP contribution is -2.20. The zero-order chi connectivity index (χ0) is 12.3. The van der Waals surface area contributed by atoms with Gasteiger partial charge in [0.25, 0.3) is 5.91 Å². The fraction of sp³-hybridized carbons (Fsp3) is 0.462. The number of hydrogen-bond acceptors (Lipinski definition) is 3. The SMILES string of the molecule is CNC(=O)c1cc(C2CCOCC2)ccc1N. The van der Waals surface area contributed by atoms with Gasteiger partial charge in [-0.1, -0.05) is 6.07 Å². The number of nitrogen functional groups attached to an aromatic ring is 1. The first kappa shape index (κ1) is 11.9. The van der Waals surface area contributed by atoms with Crippen LogP contribution in [0.4, 0.5) is 5.69 Å². The second-order valence-corrected chi connectivity index (χ2v) is 4.31. The van der Waals surface area contributed by atoms with Gasteiger partial charge in [0.15, 0.2) is 0 Å². The maximum atomic E-state index is 11.7. The number of carbonyl (C=O) groups is 1. The smallest absolute Gasteiger partial charge is 0.253 e. The Morgan fingerprint density at radius 2 is 2.12 bits per heavy atom. The summed E-state index contributed by atoms with van der Waals surface area (Å²) in [7, 11) is 1.61. The molecule has 1 amide bonds. The van der Waals surface area contributed by atoms with Crippen molar-refractivity contribution in [1.82, 2.24) is 5.32 Å². The molecule has 1 aliphatic heterocycles. The molecule has 0 radical (unpaired) electrons. The van der Waals surface area contributed by atoms with Crippen LogP contribution in [0, 0.1) is 0 Å². The molecule has 0 aromatic heterocycles. The summed E-state index contributed by atoms with van der Waals surface area (Å²) >= 11 is 0. The van der Waals surface area contributed by atoms with E-state index in [-0.39, 0.29) is 5.91 Å². The first-order valence-electron chi connectivity index (χ1n) is 5.91. The van der Waals surface area contributed by atoms with Crippen molar-refractivity contribution in [2.75, 3.05) is 26.0 Å². The lowest BCUT2D eigenvalue weighted by molar-refractivity contribution is 0.0853. The molecule has 1 aromatic rings. The number of carbonyl (C=O) groups excluding carboxylic acids is 1. The number of benzene rings is 1. The van der Waals surface area contributed by atoms with Crippen molar-refractivity contribution >= 4 is 11.6 Å². The maximum absolute atomic E-state index is 11.7. The third-order valence-corrected chi connectivity index (χ3v) is 3.24. The molecule has 17 heavy (non-hydrogen) atoms. The molecule has 0 bridgehead atoms. The van der Waals surface area contributed by atoms with E-state index in [9.17, 15) is 4.79 Å². The van der Waals surface area contributed by atoms with Gasteiger partial charge in [-0.05, 0) is 36.5 Å². The number of anilines is 1. The van der Waals surface area contributed by atoms with E-state index in [4.69, 9.17) is 10.5 Å². The lowest BCUT2D eigenvalue weighted by atomic mass is 9.90. The molecule has 3 N–H and O–H groups in total. The molecule has 1 saturated heterocycles. The monoisotopic (exact) mass is 234 g/mol. The van der Waals surface area contributed by atoms with Crippen molar-refractivity contribution in [1.29, 1.82) is 0 Å². The van der Waals surface area contributed by atoms with Crippen LogP contribution in [-0.2, 0) is 4.74 Å². The molecular formula is C13H18N2O2. The Hall–Kier alpha value is -1.55. The van der Waals surface area contributed by atoms with E-state index in [1.54, 1.807) is 7.05 Å². The number of nitrogens with two attached hydrogens (primary N) is 1. The van der Waals surface area contributed by atoms with Gasteiger partial charge < -0.3 is 15.8 Å². The first-order valence-corrected chi connectivity index (χ1v) is 5.91. The molecule has 4 heteroatoms. The quantitative estimate of drug-likeness (QED) is 0.763. The molecule has 0 atom stereocenters. The van der Waals surface area contributed by atoms with Crippen LogP contribution in [-0.4, -0.2) is 26.2 Å². The van der Waals surface area contributed by atoms with Crippen molar-refractivity contribution in [3.63, 3.8) is 0 Å². The summed E-state index contributed by atoms with van der Waals surface area (Å²) in [4.78, 5) is 11.7. The second kappa shape index (κ2) is 5.19. The average molecular weight is 234 g/mol. The van der Waals surface area contributed by atoms with Gasteiger partial charge in [0, 0.05) is 25.9 Å². The van der Waals surface area contributed by atoms with Crippen LogP contribution < -0.4 is 11.1 Å². The first-order chi connectivity index (χ1) is 8.22. The van der Waals surface area contributed by atoms with E-state index in [2.05, 4.69) is 5.32 Å². The summed E-state index contributed by atoms with van der Waals surface area (Å²) in [5, 5.41) is 2.61. The van der Waals surface area contributed by atoms with Gasteiger partial charge in [-0.15, -0.1) is 0 Å². The average Bonchev–Trinajstić information content (AvgIpc) is 2.39. The van der Waals surface area contributed by atoms with Crippen molar-refractivity contribution in [2.45, 2.75) is 18.8 Å². The molecule has 1 heterocycles. The molecule has 1 fully saturated rings. The van der Waals surface area contributed by atoms with E-state index in [0.717, 1.165) is 26.1 Å². The Labute approximate surface area is 101 Å². The summed E-state index contributed by atoms with van der Waals surface area (Å²) in [5.41, 5.74) is 8.09. The zero-order valence-electron chi connectivity index (χ0n) is 10.0. The molecule has 92 valence electrons. The van der Waals surface area contributed by atoms with Crippen LogP contribution >= 0.6 is 0 Å². The highest BCUT2D eigenvalue weighted by molar-refractivity contribution is 5.99. The number of ether oxygens (including phenoxy) is 1. The minimum Gasteiger partial charge on any atom is -0.398 e. The third-order valence-electron chi connectivity index (χ3n) is 3.24. The van der Waals surface area contributed by atoms with Gasteiger partial charge in [-0.3, -0.25) is 4.79 Å². The second-order valence-electron chi connectivity index (χ2n) is 4.31. The predicted octanol–water partition coefficient (Wildman–Crippen LogP) is 1.52. The Kier molecular flexibility index (Phi) is 3.64. The number of rotatable bonds is 2. The zero-order valence-corrected chi connectivity index (χ0v) is 10.0. The minimum atomic E-state index is -0.128. The molecule has 0 aliphatic carbocycles. The largest absolute Gasteiger partial charge is 0.398 e. The standard InChI is InChI=1S/C13H18N2O2/c1-15-13(16)11-8-10(2-3-12(11)14)9-4-6-17-7-5-9/h2-3,8-9H,4-7,14H2,1H3,(H,15,16). The fourth-order valence-electron chi connectivity index (χ4n) is 2.19. The van der Waals surface area contributed by atoms with Crippen LogP contribution in [0.1, 0.15) is 34.7 Å². The molecule has 0 saturated carbocycles. The van der Waals surface area contributed by atoms with Gasteiger partial charge in [0.05, 0.1) is 5.56 Å². The van der Waals surface area contributed by atoms with Gasteiger partial charge in [-0.25, -0.2) is 0 Å².